The van der Waals surface area contributed by atoms with Gasteiger partial charge in [0.05, 0.1) is 5.69 Å². The molecular weight excluding hydrogens is 210 g/mol. The maximum Gasteiger partial charge on any atom is 0.147 e. The molecule has 1 fully saturated rings. The first-order valence-electron chi connectivity index (χ1n) is 6.85. The maximum atomic E-state index is 4.39. The lowest BCUT2D eigenvalue weighted by molar-refractivity contribution is 0.312. The SMILES string of the molecule is CCC(Nc1nccnc1C)C1CCCCC1. The van der Waals surface area contributed by atoms with E-state index in [-0.39, 0.29) is 0 Å². The minimum atomic E-state index is 0.561. The van der Waals surface area contributed by atoms with Crippen LogP contribution in [0, 0.1) is 12.8 Å². The van der Waals surface area contributed by atoms with Crippen molar-refractivity contribution in [3.63, 3.8) is 0 Å². The normalized spacial score (nSPS) is 18.9. The Bertz CT molecular complexity index is 345. The Hall–Kier alpha value is -1.12. The van der Waals surface area contributed by atoms with Crippen LogP contribution >= 0.6 is 0 Å². The number of hydrogen-bond donors (Lipinski definition) is 1. The molecule has 0 amide bonds. The third-order valence-electron chi connectivity index (χ3n) is 3.86. The molecule has 1 N–H and O–H groups in total. The van der Waals surface area contributed by atoms with Gasteiger partial charge in [0.25, 0.3) is 0 Å². The molecule has 1 atom stereocenters. The molecule has 1 saturated carbocycles. The zero-order chi connectivity index (χ0) is 12.1. The summed E-state index contributed by atoms with van der Waals surface area (Å²) in [5.74, 6) is 1.78. The van der Waals surface area contributed by atoms with Gasteiger partial charge in [0, 0.05) is 18.4 Å². The smallest absolute Gasteiger partial charge is 0.147 e. The standard InChI is InChI=1S/C14H23N3/c1-3-13(12-7-5-4-6-8-12)17-14-11(2)15-9-10-16-14/h9-10,12-13H,3-8H2,1-2H3,(H,16,17). The lowest BCUT2D eigenvalue weighted by Crippen LogP contribution is -2.30. The average Bonchev–Trinajstić information content (AvgIpc) is 2.39. The quantitative estimate of drug-likeness (QED) is 0.864. The number of hydrogen-bond acceptors (Lipinski definition) is 3. The van der Waals surface area contributed by atoms with Gasteiger partial charge in [-0.1, -0.05) is 26.2 Å². The van der Waals surface area contributed by atoms with E-state index in [1.807, 2.05) is 6.92 Å². The van der Waals surface area contributed by atoms with Gasteiger partial charge in [-0.3, -0.25) is 4.98 Å². The zero-order valence-corrected chi connectivity index (χ0v) is 10.9. The molecular formula is C14H23N3. The van der Waals surface area contributed by atoms with E-state index in [4.69, 9.17) is 0 Å². The van der Waals surface area contributed by atoms with Crippen molar-refractivity contribution >= 4 is 5.82 Å². The molecule has 3 heteroatoms. The summed E-state index contributed by atoms with van der Waals surface area (Å²) in [5.41, 5.74) is 1.00. The number of nitrogens with one attached hydrogen (secondary N) is 1. The highest BCUT2D eigenvalue weighted by atomic mass is 15.0. The summed E-state index contributed by atoms with van der Waals surface area (Å²) >= 11 is 0. The first-order chi connectivity index (χ1) is 8.31. The molecule has 0 aromatic carbocycles. The van der Waals surface area contributed by atoms with Crippen LogP contribution in [0.2, 0.25) is 0 Å². The fourth-order valence-electron chi connectivity index (χ4n) is 2.81. The maximum absolute atomic E-state index is 4.39. The predicted molar refractivity (Wildman–Crippen MR) is 71.0 cm³/mol. The summed E-state index contributed by atoms with van der Waals surface area (Å²) in [6.07, 6.45) is 11.6. The molecule has 1 aromatic heterocycles. The van der Waals surface area contributed by atoms with Gasteiger partial charge in [-0.25, -0.2) is 4.98 Å². The van der Waals surface area contributed by atoms with E-state index < -0.39 is 0 Å². The fraction of sp³-hybridized carbons (Fsp3) is 0.714. The van der Waals surface area contributed by atoms with Gasteiger partial charge in [0.1, 0.15) is 5.82 Å². The van der Waals surface area contributed by atoms with Gasteiger partial charge in [-0.15, -0.1) is 0 Å². The summed E-state index contributed by atoms with van der Waals surface area (Å²) in [5, 5.41) is 3.59. The first kappa shape index (κ1) is 12.3. The van der Waals surface area contributed by atoms with Crippen molar-refractivity contribution in [3.05, 3.63) is 18.1 Å². The minimum Gasteiger partial charge on any atom is -0.366 e. The molecule has 1 aliphatic rings. The zero-order valence-electron chi connectivity index (χ0n) is 10.9. The first-order valence-corrected chi connectivity index (χ1v) is 6.85. The van der Waals surface area contributed by atoms with Crippen LogP contribution in [0.25, 0.3) is 0 Å². The van der Waals surface area contributed by atoms with E-state index in [1.54, 1.807) is 12.4 Å². The van der Waals surface area contributed by atoms with E-state index in [0.29, 0.717) is 6.04 Å². The van der Waals surface area contributed by atoms with Crippen LogP contribution in [0.1, 0.15) is 51.1 Å². The second-order valence-corrected chi connectivity index (χ2v) is 5.05. The van der Waals surface area contributed by atoms with Gasteiger partial charge in [-0.05, 0) is 32.1 Å². The molecule has 1 aliphatic carbocycles. The van der Waals surface area contributed by atoms with Crippen molar-refractivity contribution < 1.29 is 0 Å². The Morgan fingerprint density at radius 1 is 1.24 bits per heavy atom. The Labute approximate surface area is 104 Å². The van der Waals surface area contributed by atoms with E-state index in [9.17, 15) is 0 Å². The van der Waals surface area contributed by atoms with Crippen molar-refractivity contribution in [1.29, 1.82) is 0 Å². The molecule has 17 heavy (non-hydrogen) atoms. The number of nitrogens with zero attached hydrogens (tertiary/aromatic N) is 2. The molecule has 0 spiro atoms. The van der Waals surface area contributed by atoms with Crippen molar-refractivity contribution in [2.75, 3.05) is 5.32 Å². The molecule has 0 bridgehead atoms. The average molecular weight is 233 g/mol. The van der Waals surface area contributed by atoms with Gasteiger partial charge in [0.15, 0.2) is 0 Å². The highest BCUT2D eigenvalue weighted by Crippen LogP contribution is 2.29. The second kappa shape index (κ2) is 5.99. The number of aryl methyl sites for hydroxylation is 1. The molecule has 1 heterocycles. The van der Waals surface area contributed by atoms with Crippen LogP contribution in [0.4, 0.5) is 5.82 Å². The number of aromatic nitrogens is 2. The lowest BCUT2D eigenvalue weighted by atomic mass is 9.83. The molecule has 0 aliphatic heterocycles. The Balaban J connectivity index is 2.01. The molecule has 0 radical (unpaired) electrons. The number of rotatable bonds is 4. The van der Waals surface area contributed by atoms with Crippen LogP contribution in [0.5, 0.6) is 0 Å². The summed E-state index contributed by atoms with van der Waals surface area (Å²) < 4.78 is 0. The van der Waals surface area contributed by atoms with Crippen molar-refractivity contribution in [3.8, 4) is 0 Å². The minimum absolute atomic E-state index is 0.561. The third kappa shape index (κ3) is 3.18. The summed E-state index contributed by atoms with van der Waals surface area (Å²) in [6, 6.07) is 0.561. The highest BCUT2D eigenvalue weighted by Gasteiger charge is 2.22. The summed E-state index contributed by atoms with van der Waals surface area (Å²) in [7, 11) is 0. The Kier molecular flexibility index (Phi) is 4.35. The van der Waals surface area contributed by atoms with Crippen molar-refractivity contribution in [2.24, 2.45) is 5.92 Å². The number of anilines is 1. The predicted octanol–water partition coefficient (Wildman–Crippen LogP) is 3.56. The topological polar surface area (TPSA) is 37.8 Å². The second-order valence-electron chi connectivity index (χ2n) is 5.05. The van der Waals surface area contributed by atoms with E-state index in [1.165, 1.54) is 38.5 Å². The lowest BCUT2D eigenvalue weighted by Gasteiger charge is -2.30. The van der Waals surface area contributed by atoms with Gasteiger partial charge in [-0.2, -0.15) is 0 Å². The molecule has 3 nitrogen and oxygen atoms in total. The van der Waals surface area contributed by atoms with Crippen LogP contribution in [0.15, 0.2) is 12.4 Å². The van der Waals surface area contributed by atoms with Crippen molar-refractivity contribution in [1.82, 2.24) is 9.97 Å². The molecule has 1 unspecified atom stereocenters. The summed E-state index contributed by atoms with van der Waals surface area (Å²) in [4.78, 5) is 8.67. The highest BCUT2D eigenvalue weighted by molar-refractivity contribution is 5.39. The molecule has 1 aromatic rings. The van der Waals surface area contributed by atoms with Gasteiger partial charge < -0.3 is 5.32 Å². The fourth-order valence-corrected chi connectivity index (χ4v) is 2.81. The summed E-state index contributed by atoms with van der Waals surface area (Å²) in [6.45, 7) is 4.28. The van der Waals surface area contributed by atoms with Gasteiger partial charge >= 0.3 is 0 Å². The Morgan fingerprint density at radius 3 is 2.59 bits per heavy atom. The van der Waals surface area contributed by atoms with Crippen LogP contribution in [-0.2, 0) is 0 Å². The van der Waals surface area contributed by atoms with Gasteiger partial charge in [0.2, 0.25) is 0 Å². The molecule has 0 saturated heterocycles. The van der Waals surface area contributed by atoms with Crippen LogP contribution < -0.4 is 5.32 Å². The monoisotopic (exact) mass is 233 g/mol. The van der Waals surface area contributed by atoms with E-state index in [0.717, 1.165) is 17.4 Å². The Morgan fingerprint density at radius 2 is 1.94 bits per heavy atom. The third-order valence-corrected chi connectivity index (χ3v) is 3.86. The van der Waals surface area contributed by atoms with Crippen LogP contribution in [-0.4, -0.2) is 16.0 Å². The van der Waals surface area contributed by atoms with Crippen molar-refractivity contribution in [2.45, 2.75) is 58.4 Å². The largest absolute Gasteiger partial charge is 0.366 e. The molecule has 2 rings (SSSR count). The van der Waals surface area contributed by atoms with Crippen LogP contribution in [0.3, 0.4) is 0 Å². The van der Waals surface area contributed by atoms with E-state index in [2.05, 4.69) is 22.2 Å². The van der Waals surface area contributed by atoms with E-state index >= 15 is 0 Å². The molecule has 94 valence electrons.